The van der Waals surface area contributed by atoms with Gasteiger partial charge in [-0.25, -0.2) is 4.79 Å². The van der Waals surface area contributed by atoms with Gasteiger partial charge in [0.1, 0.15) is 6.54 Å². The lowest BCUT2D eigenvalue weighted by Gasteiger charge is -2.36. The molecule has 0 bridgehead atoms. The van der Waals surface area contributed by atoms with E-state index in [0.717, 1.165) is 28.7 Å². The Morgan fingerprint density at radius 2 is 1.96 bits per heavy atom. The maximum absolute atomic E-state index is 12.7. The van der Waals surface area contributed by atoms with Crippen LogP contribution in [0.15, 0.2) is 22.7 Å². The minimum atomic E-state index is -1.09. The van der Waals surface area contributed by atoms with Crippen molar-refractivity contribution in [3.05, 3.63) is 28.2 Å². The van der Waals surface area contributed by atoms with Gasteiger partial charge in [-0.15, -0.1) is 0 Å². The van der Waals surface area contributed by atoms with Crippen LogP contribution in [0.4, 0.5) is 10.5 Å². The highest BCUT2D eigenvalue weighted by Gasteiger charge is 2.33. The summed E-state index contributed by atoms with van der Waals surface area (Å²) < 4.78 is 0.924. The smallest absolute Gasteiger partial charge is 0.408 e. The molecule has 1 aliphatic rings. The first-order valence-corrected chi connectivity index (χ1v) is 8.75. The monoisotopic (exact) mass is 397 g/mol. The van der Waals surface area contributed by atoms with Gasteiger partial charge in [0, 0.05) is 23.1 Å². The first-order chi connectivity index (χ1) is 11.1. The highest BCUT2D eigenvalue weighted by atomic mass is 79.9. The van der Waals surface area contributed by atoms with Crippen molar-refractivity contribution >= 4 is 33.6 Å². The Bertz CT molecular complexity index is 642. The molecule has 1 fully saturated rings. The minimum Gasteiger partial charge on any atom is -0.465 e. The molecule has 24 heavy (non-hydrogen) atoms. The molecule has 1 saturated heterocycles. The van der Waals surface area contributed by atoms with Crippen molar-refractivity contribution in [1.29, 1.82) is 0 Å². The zero-order chi connectivity index (χ0) is 18.1. The van der Waals surface area contributed by atoms with Crippen LogP contribution in [0.3, 0.4) is 0 Å². The van der Waals surface area contributed by atoms with E-state index in [4.69, 9.17) is 0 Å². The molecule has 0 spiro atoms. The highest BCUT2D eigenvalue weighted by Crippen LogP contribution is 2.31. The number of nitrogens with zero attached hydrogens (tertiary/aromatic N) is 3. The lowest BCUT2D eigenvalue weighted by molar-refractivity contribution is -0.132. The lowest BCUT2D eigenvalue weighted by atomic mass is 10.1. The molecule has 0 unspecified atom stereocenters. The average Bonchev–Trinajstić information content (AvgIpc) is 2.92. The molecule has 132 valence electrons. The topological polar surface area (TPSA) is 64.1 Å². The van der Waals surface area contributed by atoms with E-state index in [-0.39, 0.29) is 12.5 Å². The van der Waals surface area contributed by atoms with Crippen molar-refractivity contribution in [3.63, 3.8) is 0 Å². The summed E-state index contributed by atoms with van der Waals surface area (Å²) in [5, 5.41) is 13.0. The third-order valence-electron chi connectivity index (χ3n) is 4.03. The Hall–Kier alpha value is -1.76. The number of anilines is 1. The molecule has 2 rings (SSSR count). The maximum atomic E-state index is 12.7. The Morgan fingerprint density at radius 1 is 1.29 bits per heavy atom. The number of benzene rings is 1. The maximum Gasteiger partial charge on any atom is 0.408 e. The number of rotatable bonds is 3. The fourth-order valence-electron chi connectivity index (χ4n) is 2.75. The van der Waals surface area contributed by atoms with Crippen LogP contribution >= 0.6 is 15.9 Å². The molecule has 6 nitrogen and oxygen atoms in total. The number of carboxylic acid groups (broad SMARTS) is 1. The van der Waals surface area contributed by atoms with E-state index in [1.165, 1.54) is 4.90 Å². The summed E-state index contributed by atoms with van der Waals surface area (Å²) in [5.41, 5.74) is 1.42. The summed E-state index contributed by atoms with van der Waals surface area (Å²) in [7, 11) is 0. The Morgan fingerprint density at radius 3 is 2.50 bits per heavy atom. The molecular formula is C17H24BrN3O3. The molecule has 1 aromatic carbocycles. The number of amides is 2. The quantitative estimate of drug-likeness (QED) is 0.847. The van der Waals surface area contributed by atoms with E-state index in [2.05, 4.69) is 15.9 Å². The summed E-state index contributed by atoms with van der Waals surface area (Å²) in [5.74, 6) is -0.211. The largest absolute Gasteiger partial charge is 0.465 e. The third kappa shape index (κ3) is 4.01. The van der Waals surface area contributed by atoms with E-state index in [9.17, 15) is 14.7 Å². The second-order valence-corrected chi connectivity index (χ2v) is 7.84. The van der Waals surface area contributed by atoms with Crippen molar-refractivity contribution in [2.45, 2.75) is 39.7 Å². The molecule has 1 heterocycles. The van der Waals surface area contributed by atoms with Crippen LogP contribution in [0.5, 0.6) is 0 Å². The Balaban J connectivity index is 2.20. The fraction of sp³-hybridized carbons (Fsp3) is 0.529. The number of carbonyl (C=O) groups is 2. The molecule has 1 aromatic rings. The number of aryl methyl sites for hydroxylation is 1. The first-order valence-electron chi connectivity index (χ1n) is 7.96. The van der Waals surface area contributed by atoms with Gasteiger partial charge in [-0.1, -0.05) is 6.07 Å². The summed E-state index contributed by atoms with van der Waals surface area (Å²) in [6, 6.07) is 5.98. The van der Waals surface area contributed by atoms with Crippen molar-refractivity contribution < 1.29 is 14.7 Å². The zero-order valence-electron chi connectivity index (χ0n) is 14.5. The van der Waals surface area contributed by atoms with E-state index in [0.29, 0.717) is 6.54 Å². The van der Waals surface area contributed by atoms with Crippen molar-refractivity contribution in [3.8, 4) is 0 Å². The standard InChI is InChI=1S/C17H24BrN3O3/c1-12-6-7-14(13(18)10-12)20-8-5-9-21(20)15(22)11-19(16(23)24)17(2,3)4/h6-7,10H,5,8-9,11H2,1-4H3,(H,23,24). The number of hydrogen-bond donors (Lipinski definition) is 1. The number of hydrogen-bond acceptors (Lipinski definition) is 3. The third-order valence-corrected chi connectivity index (χ3v) is 4.67. The van der Waals surface area contributed by atoms with Gasteiger partial charge in [0.05, 0.1) is 5.69 Å². The van der Waals surface area contributed by atoms with Crippen molar-refractivity contribution in [2.24, 2.45) is 0 Å². The molecular weight excluding hydrogens is 374 g/mol. The van der Waals surface area contributed by atoms with Crippen LogP contribution in [0.1, 0.15) is 32.8 Å². The van der Waals surface area contributed by atoms with Crippen molar-refractivity contribution in [1.82, 2.24) is 9.91 Å². The highest BCUT2D eigenvalue weighted by molar-refractivity contribution is 9.10. The van der Waals surface area contributed by atoms with Crippen LogP contribution in [0.25, 0.3) is 0 Å². The van der Waals surface area contributed by atoms with E-state index in [1.54, 1.807) is 25.8 Å². The van der Waals surface area contributed by atoms with Crippen LogP contribution < -0.4 is 5.01 Å². The van der Waals surface area contributed by atoms with E-state index < -0.39 is 11.6 Å². The van der Waals surface area contributed by atoms with Gasteiger partial charge in [-0.3, -0.25) is 19.7 Å². The van der Waals surface area contributed by atoms with Crippen LogP contribution in [0, 0.1) is 6.92 Å². The number of halogens is 1. The summed E-state index contributed by atoms with van der Waals surface area (Å²) in [6.07, 6.45) is -0.229. The van der Waals surface area contributed by atoms with Crippen molar-refractivity contribution in [2.75, 3.05) is 24.6 Å². The summed E-state index contributed by atoms with van der Waals surface area (Å²) >= 11 is 3.56. The van der Waals surface area contributed by atoms with E-state index in [1.807, 2.05) is 30.1 Å². The van der Waals surface area contributed by atoms with Gasteiger partial charge in [0.15, 0.2) is 0 Å². The summed E-state index contributed by atoms with van der Waals surface area (Å²) in [6.45, 7) is 8.53. The number of hydrazine groups is 1. The van der Waals surface area contributed by atoms with Gasteiger partial charge < -0.3 is 5.11 Å². The molecule has 0 atom stereocenters. The lowest BCUT2D eigenvalue weighted by Crippen LogP contribution is -2.52. The van der Waals surface area contributed by atoms with Crippen LogP contribution in [0.2, 0.25) is 0 Å². The van der Waals surface area contributed by atoms with Crippen LogP contribution in [-0.4, -0.2) is 52.2 Å². The molecule has 0 radical (unpaired) electrons. The Labute approximate surface area is 151 Å². The first kappa shape index (κ1) is 18.6. The zero-order valence-corrected chi connectivity index (χ0v) is 16.1. The van der Waals surface area contributed by atoms with Gasteiger partial charge in [0.2, 0.25) is 0 Å². The number of carbonyl (C=O) groups excluding carboxylic acids is 1. The average molecular weight is 398 g/mol. The van der Waals surface area contributed by atoms with Gasteiger partial charge in [-0.05, 0) is 67.7 Å². The Kier molecular flexibility index (Phi) is 5.42. The second-order valence-electron chi connectivity index (χ2n) is 6.99. The molecule has 2 amide bonds. The predicted octanol–water partition coefficient (Wildman–Crippen LogP) is 3.49. The fourth-order valence-corrected chi connectivity index (χ4v) is 3.45. The van der Waals surface area contributed by atoms with Gasteiger partial charge in [0.25, 0.3) is 5.91 Å². The molecule has 1 N–H and O–H groups in total. The molecule has 0 aromatic heterocycles. The predicted molar refractivity (Wildman–Crippen MR) is 97.0 cm³/mol. The molecule has 1 aliphatic heterocycles. The van der Waals surface area contributed by atoms with Gasteiger partial charge >= 0.3 is 6.09 Å². The summed E-state index contributed by atoms with van der Waals surface area (Å²) in [4.78, 5) is 25.4. The molecule has 0 aliphatic carbocycles. The second kappa shape index (κ2) is 7.01. The SMILES string of the molecule is Cc1ccc(N2CCCN2C(=O)CN(C(=O)O)C(C)(C)C)c(Br)c1. The normalized spacial score (nSPS) is 14.9. The van der Waals surface area contributed by atoms with Gasteiger partial charge in [-0.2, -0.15) is 0 Å². The van der Waals surface area contributed by atoms with Crippen LogP contribution in [-0.2, 0) is 4.79 Å². The minimum absolute atomic E-state index is 0.154. The van der Waals surface area contributed by atoms with E-state index >= 15 is 0 Å². The molecule has 0 saturated carbocycles. The molecule has 7 heteroatoms.